The highest BCUT2D eigenvalue weighted by atomic mass is 19.1. The standard InChI is InChI=1S/C17H20FN7O2/c18-15-12(10-27-17(26)23-16(19)20)2-1-3-13(15)24-6-8-25(9-7-24)14-4-5-21-11-22-14/h1-5,11H,6-10H2,(H4,19,20,23,26). The van der Waals surface area contributed by atoms with Gasteiger partial charge in [-0.25, -0.2) is 19.2 Å². The lowest BCUT2D eigenvalue weighted by atomic mass is 10.1. The summed E-state index contributed by atoms with van der Waals surface area (Å²) in [6.07, 6.45) is 2.30. The highest BCUT2D eigenvalue weighted by Crippen LogP contribution is 2.25. The molecule has 0 saturated carbocycles. The van der Waals surface area contributed by atoms with Crippen LogP contribution in [-0.2, 0) is 11.3 Å². The van der Waals surface area contributed by atoms with Gasteiger partial charge in [0.25, 0.3) is 0 Å². The molecule has 9 nitrogen and oxygen atoms in total. The monoisotopic (exact) mass is 373 g/mol. The predicted molar refractivity (Wildman–Crippen MR) is 98.1 cm³/mol. The zero-order chi connectivity index (χ0) is 19.2. The van der Waals surface area contributed by atoms with E-state index in [2.05, 4.69) is 14.9 Å². The molecular formula is C17H20FN7O2. The van der Waals surface area contributed by atoms with Gasteiger partial charge in [-0.05, 0) is 12.1 Å². The first-order valence-corrected chi connectivity index (χ1v) is 8.35. The van der Waals surface area contributed by atoms with E-state index in [9.17, 15) is 9.18 Å². The van der Waals surface area contributed by atoms with Gasteiger partial charge in [-0.3, -0.25) is 10.7 Å². The molecule has 2 aromatic rings. The number of benzene rings is 1. The van der Waals surface area contributed by atoms with Gasteiger partial charge >= 0.3 is 6.09 Å². The average Bonchev–Trinajstić information content (AvgIpc) is 2.67. The molecule has 27 heavy (non-hydrogen) atoms. The summed E-state index contributed by atoms with van der Waals surface area (Å²) < 4.78 is 19.7. The van der Waals surface area contributed by atoms with Crippen LogP contribution in [0.1, 0.15) is 5.56 Å². The Morgan fingerprint density at radius 3 is 2.67 bits per heavy atom. The van der Waals surface area contributed by atoms with Crippen molar-refractivity contribution in [1.82, 2.24) is 15.3 Å². The smallest absolute Gasteiger partial charge is 0.414 e. The van der Waals surface area contributed by atoms with E-state index in [1.807, 2.05) is 16.3 Å². The van der Waals surface area contributed by atoms with E-state index in [1.54, 1.807) is 24.4 Å². The Balaban J connectivity index is 1.62. The van der Waals surface area contributed by atoms with Crippen LogP contribution in [-0.4, -0.2) is 48.2 Å². The number of nitrogens with two attached hydrogens (primary N) is 1. The van der Waals surface area contributed by atoms with E-state index in [1.165, 1.54) is 6.33 Å². The number of aromatic nitrogens is 2. The van der Waals surface area contributed by atoms with Crippen LogP contribution in [0.2, 0.25) is 0 Å². The minimum absolute atomic E-state index is 0.250. The van der Waals surface area contributed by atoms with Crippen LogP contribution in [0.3, 0.4) is 0 Å². The summed E-state index contributed by atoms with van der Waals surface area (Å²) in [5, 5.41) is 8.95. The normalized spacial score (nSPS) is 14.0. The maximum Gasteiger partial charge on any atom is 0.414 e. The Morgan fingerprint density at radius 1 is 1.26 bits per heavy atom. The summed E-state index contributed by atoms with van der Waals surface area (Å²) in [7, 11) is 0. The van der Waals surface area contributed by atoms with Crippen molar-refractivity contribution in [2.75, 3.05) is 36.0 Å². The van der Waals surface area contributed by atoms with Gasteiger partial charge in [-0.15, -0.1) is 0 Å². The highest BCUT2D eigenvalue weighted by Gasteiger charge is 2.21. The third-order valence-electron chi connectivity index (χ3n) is 4.16. The van der Waals surface area contributed by atoms with Crippen LogP contribution < -0.4 is 20.9 Å². The van der Waals surface area contributed by atoms with Crippen molar-refractivity contribution in [1.29, 1.82) is 5.41 Å². The number of guanidine groups is 1. The van der Waals surface area contributed by atoms with Gasteiger partial charge in [0.15, 0.2) is 11.8 Å². The van der Waals surface area contributed by atoms with Crippen molar-refractivity contribution >= 4 is 23.6 Å². The fourth-order valence-corrected chi connectivity index (χ4v) is 2.86. The summed E-state index contributed by atoms with van der Waals surface area (Å²) in [5.74, 6) is -0.108. The summed E-state index contributed by atoms with van der Waals surface area (Å²) in [4.78, 5) is 23.6. The molecule has 1 aromatic heterocycles. The van der Waals surface area contributed by atoms with Gasteiger partial charge in [-0.1, -0.05) is 12.1 Å². The Bertz CT molecular complexity index is 810. The number of halogens is 1. The number of piperazine rings is 1. The van der Waals surface area contributed by atoms with E-state index in [4.69, 9.17) is 15.9 Å². The van der Waals surface area contributed by atoms with Crippen LogP contribution >= 0.6 is 0 Å². The molecule has 0 spiro atoms. The fraction of sp³-hybridized carbons (Fsp3) is 0.294. The van der Waals surface area contributed by atoms with Crippen molar-refractivity contribution in [3.63, 3.8) is 0 Å². The average molecular weight is 373 g/mol. The first-order valence-electron chi connectivity index (χ1n) is 8.35. The third-order valence-corrected chi connectivity index (χ3v) is 4.16. The molecule has 3 rings (SSSR count). The Morgan fingerprint density at radius 2 is 2.00 bits per heavy atom. The van der Waals surface area contributed by atoms with Crippen LogP contribution in [0.4, 0.5) is 20.7 Å². The van der Waals surface area contributed by atoms with Crippen LogP contribution in [0, 0.1) is 11.2 Å². The van der Waals surface area contributed by atoms with Crippen molar-refractivity contribution in [3.05, 3.63) is 48.2 Å². The highest BCUT2D eigenvalue weighted by molar-refractivity contribution is 5.90. The molecule has 10 heteroatoms. The summed E-state index contributed by atoms with van der Waals surface area (Å²) >= 11 is 0. The molecule has 1 aliphatic heterocycles. The predicted octanol–water partition coefficient (Wildman–Crippen LogP) is 1.06. The molecule has 142 valence electrons. The van der Waals surface area contributed by atoms with Gasteiger partial charge in [0.2, 0.25) is 0 Å². The summed E-state index contributed by atoms with van der Waals surface area (Å²) in [6.45, 7) is 2.43. The molecule has 1 aliphatic rings. The van der Waals surface area contributed by atoms with E-state index in [0.717, 1.165) is 5.82 Å². The molecule has 0 aliphatic carbocycles. The fourth-order valence-electron chi connectivity index (χ4n) is 2.86. The second-order valence-corrected chi connectivity index (χ2v) is 5.91. The molecule has 4 N–H and O–H groups in total. The number of nitrogens with one attached hydrogen (secondary N) is 2. The lowest BCUT2D eigenvalue weighted by Gasteiger charge is -2.36. The molecule has 1 amide bonds. The number of anilines is 2. The molecule has 1 aromatic carbocycles. The second kappa shape index (κ2) is 8.30. The van der Waals surface area contributed by atoms with Gasteiger partial charge in [0.05, 0.1) is 5.69 Å². The first kappa shape index (κ1) is 18.4. The number of alkyl carbamates (subject to hydrolysis) is 1. The SMILES string of the molecule is N=C(N)NC(=O)OCc1cccc(N2CCN(c3ccncn3)CC2)c1F. The Labute approximate surface area is 155 Å². The number of ether oxygens (including phenoxy) is 1. The van der Waals surface area contributed by atoms with Crippen LogP contribution in [0.5, 0.6) is 0 Å². The molecular weight excluding hydrogens is 353 g/mol. The first-order chi connectivity index (χ1) is 13.0. The number of carbonyl (C=O) groups excluding carboxylic acids is 1. The van der Waals surface area contributed by atoms with Crippen LogP contribution in [0.25, 0.3) is 0 Å². The van der Waals surface area contributed by atoms with E-state index in [-0.39, 0.29) is 12.2 Å². The molecule has 1 fully saturated rings. The topological polar surface area (TPSA) is 120 Å². The molecule has 0 bridgehead atoms. The number of nitrogens with zero attached hydrogens (tertiary/aromatic N) is 4. The van der Waals surface area contributed by atoms with Crippen molar-refractivity contribution < 1.29 is 13.9 Å². The summed E-state index contributed by atoms with van der Waals surface area (Å²) in [6, 6.07) is 6.82. The zero-order valence-corrected chi connectivity index (χ0v) is 14.6. The molecule has 0 radical (unpaired) electrons. The Kier molecular flexibility index (Phi) is 5.64. The van der Waals surface area contributed by atoms with Crippen molar-refractivity contribution in [2.24, 2.45) is 5.73 Å². The van der Waals surface area contributed by atoms with Crippen molar-refractivity contribution in [3.8, 4) is 0 Å². The van der Waals surface area contributed by atoms with E-state index in [0.29, 0.717) is 31.9 Å². The van der Waals surface area contributed by atoms with Gasteiger partial charge in [0, 0.05) is 37.9 Å². The van der Waals surface area contributed by atoms with Crippen molar-refractivity contribution in [2.45, 2.75) is 6.61 Å². The van der Waals surface area contributed by atoms with Gasteiger partial charge in [0.1, 0.15) is 18.8 Å². The minimum Gasteiger partial charge on any atom is -0.444 e. The number of carbonyl (C=O) groups is 1. The van der Waals surface area contributed by atoms with Gasteiger partial charge < -0.3 is 20.3 Å². The minimum atomic E-state index is -0.897. The van der Waals surface area contributed by atoms with Gasteiger partial charge in [-0.2, -0.15) is 0 Å². The molecule has 1 saturated heterocycles. The summed E-state index contributed by atoms with van der Waals surface area (Å²) in [5.41, 5.74) is 5.76. The lowest BCUT2D eigenvalue weighted by Crippen LogP contribution is -2.47. The van der Waals surface area contributed by atoms with E-state index >= 15 is 0 Å². The quantitative estimate of drug-likeness (QED) is 0.541. The maximum atomic E-state index is 14.8. The van der Waals surface area contributed by atoms with Crippen LogP contribution in [0.15, 0.2) is 36.8 Å². The number of hydrogen-bond donors (Lipinski definition) is 3. The molecule has 0 atom stereocenters. The maximum absolute atomic E-state index is 14.8. The molecule has 0 unspecified atom stereocenters. The zero-order valence-electron chi connectivity index (χ0n) is 14.6. The lowest BCUT2D eigenvalue weighted by molar-refractivity contribution is 0.143. The third kappa shape index (κ3) is 4.60. The van der Waals surface area contributed by atoms with E-state index < -0.39 is 17.9 Å². The second-order valence-electron chi connectivity index (χ2n) is 5.91. The Hall–Kier alpha value is -3.43. The largest absolute Gasteiger partial charge is 0.444 e. The molecule has 2 heterocycles. The number of amides is 1. The number of hydrogen-bond acceptors (Lipinski definition) is 7. The number of rotatable bonds is 4.